The molecular formula is C14H12BrN3O2. The highest BCUT2D eigenvalue weighted by atomic mass is 79.9. The average Bonchev–Trinajstić information content (AvgIpc) is 2.48. The van der Waals surface area contributed by atoms with E-state index in [-0.39, 0.29) is 5.91 Å². The van der Waals surface area contributed by atoms with Crippen molar-refractivity contribution in [1.82, 2.24) is 10.4 Å². The minimum absolute atomic E-state index is 0.323. The summed E-state index contributed by atoms with van der Waals surface area (Å²) in [7, 11) is 1.55. The Morgan fingerprint density at radius 3 is 3.00 bits per heavy atom. The maximum atomic E-state index is 12.0. The molecule has 0 saturated heterocycles. The molecule has 0 aliphatic heterocycles. The van der Waals surface area contributed by atoms with Crippen LogP contribution in [0.1, 0.15) is 15.9 Å². The summed E-state index contributed by atoms with van der Waals surface area (Å²) in [5, 5.41) is 3.89. The number of hydrazone groups is 1. The van der Waals surface area contributed by atoms with Gasteiger partial charge in [-0.25, -0.2) is 5.43 Å². The lowest BCUT2D eigenvalue weighted by atomic mass is 10.2. The largest absolute Gasteiger partial charge is 0.497 e. The maximum absolute atomic E-state index is 12.0. The Bertz CT molecular complexity index is 630. The lowest BCUT2D eigenvalue weighted by Gasteiger charge is -2.05. The van der Waals surface area contributed by atoms with Crippen LogP contribution in [0.3, 0.4) is 0 Å². The first-order valence-corrected chi connectivity index (χ1v) is 6.57. The van der Waals surface area contributed by atoms with Crippen LogP contribution in [-0.2, 0) is 0 Å². The molecule has 0 spiro atoms. The number of hydrogen-bond acceptors (Lipinski definition) is 4. The summed E-state index contributed by atoms with van der Waals surface area (Å²) in [5.74, 6) is 0.283. The fourth-order valence-corrected chi connectivity index (χ4v) is 1.91. The number of benzene rings is 1. The third-order valence-electron chi connectivity index (χ3n) is 2.48. The minimum atomic E-state index is -0.323. The van der Waals surface area contributed by atoms with E-state index >= 15 is 0 Å². The predicted octanol–water partition coefficient (Wildman–Crippen LogP) is 2.62. The summed E-state index contributed by atoms with van der Waals surface area (Å²) in [5.41, 5.74) is 3.71. The van der Waals surface area contributed by atoms with Gasteiger partial charge in [-0.3, -0.25) is 9.78 Å². The number of pyridine rings is 1. The number of halogens is 1. The van der Waals surface area contributed by atoms with Gasteiger partial charge < -0.3 is 4.74 Å². The highest BCUT2D eigenvalue weighted by Gasteiger charge is 2.10. The van der Waals surface area contributed by atoms with E-state index in [9.17, 15) is 4.79 Å². The molecule has 1 aromatic heterocycles. The van der Waals surface area contributed by atoms with Gasteiger partial charge in [0.1, 0.15) is 5.75 Å². The number of aromatic nitrogens is 1. The van der Waals surface area contributed by atoms with Crippen molar-refractivity contribution in [3.63, 3.8) is 0 Å². The van der Waals surface area contributed by atoms with E-state index < -0.39 is 0 Å². The Kier molecular flexibility index (Phi) is 4.84. The van der Waals surface area contributed by atoms with Crippen molar-refractivity contribution in [2.45, 2.75) is 0 Å². The van der Waals surface area contributed by atoms with E-state index in [1.54, 1.807) is 43.8 Å². The molecule has 0 atom stereocenters. The van der Waals surface area contributed by atoms with E-state index in [1.165, 1.54) is 6.21 Å². The van der Waals surface area contributed by atoms with Crippen LogP contribution in [0.25, 0.3) is 0 Å². The Morgan fingerprint density at radius 1 is 1.45 bits per heavy atom. The SMILES string of the molecule is COc1ccc(Br)c(C(=O)N/N=C\c2cccnc2)c1. The fraction of sp³-hybridized carbons (Fsp3) is 0.0714. The smallest absolute Gasteiger partial charge is 0.272 e. The Labute approximate surface area is 124 Å². The molecule has 6 heteroatoms. The Balaban J connectivity index is 2.07. The molecule has 0 radical (unpaired) electrons. The number of rotatable bonds is 4. The number of ether oxygens (including phenoxy) is 1. The van der Waals surface area contributed by atoms with Crippen LogP contribution in [-0.4, -0.2) is 24.2 Å². The Morgan fingerprint density at radius 2 is 2.30 bits per heavy atom. The summed E-state index contributed by atoms with van der Waals surface area (Å²) < 4.78 is 5.76. The second-order valence-corrected chi connectivity index (χ2v) is 4.69. The van der Waals surface area contributed by atoms with E-state index in [1.807, 2.05) is 6.07 Å². The van der Waals surface area contributed by atoms with E-state index in [2.05, 4.69) is 31.4 Å². The molecule has 0 aliphatic carbocycles. The number of carbonyl (C=O) groups is 1. The van der Waals surface area contributed by atoms with Crippen LogP contribution in [0.2, 0.25) is 0 Å². The molecule has 0 fully saturated rings. The number of methoxy groups -OCH3 is 1. The molecule has 2 rings (SSSR count). The molecule has 1 aromatic carbocycles. The molecule has 2 aromatic rings. The minimum Gasteiger partial charge on any atom is -0.497 e. The molecule has 1 N–H and O–H groups in total. The predicted molar refractivity (Wildman–Crippen MR) is 80.0 cm³/mol. The highest BCUT2D eigenvalue weighted by Crippen LogP contribution is 2.22. The number of hydrogen-bond donors (Lipinski definition) is 1. The lowest BCUT2D eigenvalue weighted by Crippen LogP contribution is -2.18. The molecule has 0 bridgehead atoms. The van der Waals surface area contributed by atoms with Crippen molar-refractivity contribution in [1.29, 1.82) is 0 Å². The van der Waals surface area contributed by atoms with Crippen LogP contribution in [0, 0.1) is 0 Å². The molecule has 102 valence electrons. The average molecular weight is 334 g/mol. The van der Waals surface area contributed by atoms with Gasteiger partial charge in [0.2, 0.25) is 0 Å². The third kappa shape index (κ3) is 3.64. The monoisotopic (exact) mass is 333 g/mol. The zero-order valence-electron chi connectivity index (χ0n) is 10.7. The summed E-state index contributed by atoms with van der Waals surface area (Å²) >= 11 is 3.32. The van der Waals surface area contributed by atoms with E-state index in [4.69, 9.17) is 4.74 Å². The van der Waals surface area contributed by atoms with Gasteiger partial charge in [0.15, 0.2) is 0 Å². The van der Waals surface area contributed by atoms with Crippen molar-refractivity contribution < 1.29 is 9.53 Å². The first-order valence-electron chi connectivity index (χ1n) is 5.77. The van der Waals surface area contributed by atoms with Crippen LogP contribution in [0.5, 0.6) is 5.75 Å². The second kappa shape index (κ2) is 6.81. The van der Waals surface area contributed by atoms with Gasteiger partial charge in [0.25, 0.3) is 5.91 Å². The van der Waals surface area contributed by atoms with Gasteiger partial charge in [-0.2, -0.15) is 5.10 Å². The van der Waals surface area contributed by atoms with Crippen molar-refractivity contribution >= 4 is 28.1 Å². The number of carbonyl (C=O) groups excluding carboxylic acids is 1. The molecular weight excluding hydrogens is 322 g/mol. The topological polar surface area (TPSA) is 63.6 Å². The maximum Gasteiger partial charge on any atom is 0.272 e. The molecule has 0 aliphatic rings. The molecule has 1 amide bonds. The first kappa shape index (κ1) is 14.2. The molecule has 1 heterocycles. The molecule has 20 heavy (non-hydrogen) atoms. The fourth-order valence-electron chi connectivity index (χ4n) is 1.48. The Hall–Kier alpha value is -2.21. The van der Waals surface area contributed by atoms with E-state index in [0.717, 1.165) is 5.56 Å². The van der Waals surface area contributed by atoms with Crippen LogP contribution < -0.4 is 10.2 Å². The van der Waals surface area contributed by atoms with Gasteiger partial charge in [-0.05, 0) is 40.2 Å². The first-order chi connectivity index (χ1) is 9.70. The summed E-state index contributed by atoms with van der Waals surface area (Å²) in [4.78, 5) is 15.9. The summed E-state index contributed by atoms with van der Waals surface area (Å²) in [6.45, 7) is 0. The van der Waals surface area contributed by atoms with Crippen LogP contribution >= 0.6 is 15.9 Å². The normalized spacial score (nSPS) is 10.5. The number of nitrogens with one attached hydrogen (secondary N) is 1. The second-order valence-electron chi connectivity index (χ2n) is 3.83. The van der Waals surface area contributed by atoms with Gasteiger partial charge in [-0.1, -0.05) is 6.07 Å². The molecule has 5 nitrogen and oxygen atoms in total. The standard InChI is InChI=1S/C14H12BrN3O2/c1-20-11-4-5-13(15)12(7-11)14(19)18-17-9-10-3-2-6-16-8-10/h2-9H,1H3,(H,18,19)/b17-9-. The van der Waals surface area contributed by atoms with Crippen molar-refractivity contribution in [2.75, 3.05) is 7.11 Å². The van der Waals surface area contributed by atoms with Gasteiger partial charge >= 0.3 is 0 Å². The summed E-state index contributed by atoms with van der Waals surface area (Å²) in [6.07, 6.45) is 4.85. The zero-order chi connectivity index (χ0) is 14.4. The van der Waals surface area contributed by atoms with Crippen molar-refractivity contribution in [2.24, 2.45) is 5.10 Å². The third-order valence-corrected chi connectivity index (χ3v) is 3.17. The zero-order valence-corrected chi connectivity index (χ0v) is 12.3. The number of amides is 1. The summed E-state index contributed by atoms with van der Waals surface area (Å²) in [6, 6.07) is 8.78. The highest BCUT2D eigenvalue weighted by molar-refractivity contribution is 9.10. The van der Waals surface area contributed by atoms with Gasteiger partial charge in [0.05, 0.1) is 18.9 Å². The van der Waals surface area contributed by atoms with Crippen LogP contribution in [0.4, 0.5) is 0 Å². The lowest BCUT2D eigenvalue weighted by molar-refractivity contribution is 0.0954. The molecule has 0 saturated carbocycles. The van der Waals surface area contributed by atoms with E-state index in [0.29, 0.717) is 15.8 Å². The number of nitrogens with zero attached hydrogens (tertiary/aromatic N) is 2. The molecule has 0 unspecified atom stereocenters. The van der Waals surface area contributed by atoms with Gasteiger partial charge in [0, 0.05) is 22.4 Å². The van der Waals surface area contributed by atoms with Crippen LogP contribution in [0.15, 0.2) is 52.3 Å². The van der Waals surface area contributed by atoms with Crippen molar-refractivity contribution in [3.8, 4) is 5.75 Å². The van der Waals surface area contributed by atoms with Crippen molar-refractivity contribution in [3.05, 3.63) is 58.3 Å². The van der Waals surface area contributed by atoms with Gasteiger partial charge in [-0.15, -0.1) is 0 Å². The quantitative estimate of drug-likeness (QED) is 0.691.